The van der Waals surface area contributed by atoms with Gasteiger partial charge in [0.2, 0.25) is 11.5 Å². The van der Waals surface area contributed by atoms with Gasteiger partial charge in [0.25, 0.3) is 0 Å². The fraction of sp³-hybridized carbons (Fsp3) is 0.350. The first-order valence-electron chi connectivity index (χ1n) is 8.86. The Balaban J connectivity index is 2.01. The summed E-state index contributed by atoms with van der Waals surface area (Å²) in [4.78, 5) is 20.3. The number of carboxylic acids is 1. The van der Waals surface area contributed by atoms with E-state index in [0.717, 1.165) is 12.1 Å². The molecule has 0 amide bonds. The van der Waals surface area contributed by atoms with Crippen molar-refractivity contribution >= 4 is 11.7 Å². The molecule has 1 heterocycles. The lowest BCUT2D eigenvalue weighted by atomic mass is 10.0. The van der Waals surface area contributed by atoms with Gasteiger partial charge in [0.05, 0.1) is 11.3 Å². The standard InChI is InChI=1S/C20H21F3N2O5/c1-13(2)25-28-11-10-19(3,18(26)27)30-16-7-5-15(6-8-16)29-17-9-4-14(12-24-17)20(21,22)23/h4-9,12H,10-11H2,1-3H3,(H,26,27). The molecule has 162 valence electrons. The van der Waals surface area contributed by atoms with Crippen LogP contribution in [0.3, 0.4) is 0 Å². The summed E-state index contributed by atoms with van der Waals surface area (Å²) >= 11 is 0. The number of rotatable bonds is 9. The minimum Gasteiger partial charge on any atom is -0.478 e. The average molecular weight is 426 g/mol. The molecule has 10 heteroatoms. The molecule has 0 bridgehead atoms. The summed E-state index contributed by atoms with van der Waals surface area (Å²) in [5.41, 5.74) is -1.73. The molecule has 1 aromatic carbocycles. The van der Waals surface area contributed by atoms with Crippen LogP contribution in [-0.4, -0.2) is 34.0 Å². The number of nitrogens with zero attached hydrogens (tertiary/aromatic N) is 2. The first-order chi connectivity index (χ1) is 14.0. The Morgan fingerprint density at radius 2 is 1.73 bits per heavy atom. The molecule has 0 saturated carbocycles. The molecule has 0 aliphatic carbocycles. The Kier molecular flexibility index (Phi) is 7.25. The second kappa shape index (κ2) is 9.47. The van der Waals surface area contributed by atoms with Gasteiger partial charge >= 0.3 is 12.1 Å². The van der Waals surface area contributed by atoms with Gasteiger partial charge in [0, 0.05) is 18.7 Å². The zero-order chi connectivity index (χ0) is 22.4. The number of benzene rings is 1. The summed E-state index contributed by atoms with van der Waals surface area (Å²) in [6.07, 6.45) is -3.75. The number of ether oxygens (including phenoxy) is 2. The van der Waals surface area contributed by atoms with E-state index in [9.17, 15) is 23.1 Å². The van der Waals surface area contributed by atoms with E-state index < -0.39 is 23.3 Å². The Bertz CT molecular complexity index is 879. The predicted molar refractivity (Wildman–Crippen MR) is 102 cm³/mol. The monoisotopic (exact) mass is 426 g/mol. The van der Waals surface area contributed by atoms with Crippen LogP contribution in [0.4, 0.5) is 13.2 Å². The van der Waals surface area contributed by atoms with Gasteiger partial charge in [-0.3, -0.25) is 0 Å². The number of carbonyl (C=O) groups is 1. The number of halogens is 3. The first kappa shape index (κ1) is 23.0. The first-order valence-corrected chi connectivity index (χ1v) is 8.86. The van der Waals surface area contributed by atoms with Crippen molar-refractivity contribution in [1.82, 2.24) is 4.98 Å². The largest absolute Gasteiger partial charge is 0.478 e. The van der Waals surface area contributed by atoms with E-state index in [1.807, 2.05) is 0 Å². The van der Waals surface area contributed by atoms with Gasteiger partial charge in [0.15, 0.2) is 0 Å². The minimum absolute atomic E-state index is 0.0176. The Labute approximate surface area is 171 Å². The molecule has 30 heavy (non-hydrogen) atoms. The highest BCUT2D eigenvalue weighted by molar-refractivity contribution is 5.78. The van der Waals surface area contributed by atoms with Gasteiger partial charge in [-0.05, 0) is 51.1 Å². The second-order valence-electron chi connectivity index (χ2n) is 6.72. The van der Waals surface area contributed by atoms with E-state index in [0.29, 0.717) is 17.7 Å². The fourth-order valence-corrected chi connectivity index (χ4v) is 2.18. The minimum atomic E-state index is -4.48. The smallest absolute Gasteiger partial charge is 0.417 e. The van der Waals surface area contributed by atoms with Gasteiger partial charge in [-0.25, -0.2) is 9.78 Å². The highest BCUT2D eigenvalue weighted by Crippen LogP contribution is 2.30. The molecule has 1 unspecified atom stereocenters. The van der Waals surface area contributed by atoms with E-state index >= 15 is 0 Å². The Hall–Kier alpha value is -3.30. The lowest BCUT2D eigenvalue weighted by Gasteiger charge is -2.26. The van der Waals surface area contributed by atoms with Crippen molar-refractivity contribution in [3.63, 3.8) is 0 Å². The molecule has 0 radical (unpaired) electrons. The molecule has 0 aliphatic rings. The maximum Gasteiger partial charge on any atom is 0.417 e. The van der Waals surface area contributed by atoms with Crippen LogP contribution in [0.1, 0.15) is 32.8 Å². The van der Waals surface area contributed by atoms with Gasteiger partial charge in [-0.15, -0.1) is 0 Å². The molecular formula is C20H21F3N2O5. The van der Waals surface area contributed by atoms with Crippen molar-refractivity contribution in [3.05, 3.63) is 48.2 Å². The van der Waals surface area contributed by atoms with Crippen molar-refractivity contribution in [2.24, 2.45) is 5.16 Å². The van der Waals surface area contributed by atoms with Crippen LogP contribution < -0.4 is 9.47 Å². The van der Waals surface area contributed by atoms with Gasteiger partial charge in [0.1, 0.15) is 18.1 Å². The number of alkyl halides is 3. The van der Waals surface area contributed by atoms with Gasteiger partial charge in [-0.2, -0.15) is 13.2 Å². The van der Waals surface area contributed by atoms with Crippen molar-refractivity contribution in [2.45, 2.75) is 39.0 Å². The molecule has 2 rings (SSSR count). The van der Waals surface area contributed by atoms with E-state index in [4.69, 9.17) is 14.3 Å². The molecule has 0 fully saturated rings. The number of hydrogen-bond acceptors (Lipinski definition) is 6. The summed E-state index contributed by atoms with van der Waals surface area (Å²) < 4.78 is 48.7. The van der Waals surface area contributed by atoms with Crippen LogP contribution in [0.5, 0.6) is 17.4 Å². The zero-order valence-corrected chi connectivity index (χ0v) is 16.6. The lowest BCUT2D eigenvalue weighted by Crippen LogP contribution is -2.42. The number of hydrogen-bond donors (Lipinski definition) is 1. The summed E-state index contributed by atoms with van der Waals surface area (Å²) in [6, 6.07) is 7.90. The Morgan fingerprint density at radius 1 is 1.10 bits per heavy atom. The van der Waals surface area contributed by atoms with E-state index in [2.05, 4.69) is 10.1 Å². The normalized spacial score (nSPS) is 13.1. The molecule has 7 nitrogen and oxygen atoms in total. The van der Waals surface area contributed by atoms with Gasteiger partial charge < -0.3 is 19.4 Å². The molecule has 0 aliphatic heterocycles. The number of carboxylic acid groups (broad SMARTS) is 1. The molecule has 1 aromatic heterocycles. The predicted octanol–water partition coefficient (Wildman–Crippen LogP) is 4.92. The summed E-state index contributed by atoms with van der Waals surface area (Å²) in [7, 11) is 0. The maximum absolute atomic E-state index is 12.6. The van der Waals surface area contributed by atoms with Crippen LogP contribution in [0.2, 0.25) is 0 Å². The van der Waals surface area contributed by atoms with Crippen LogP contribution in [0.15, 0.2) is 47.8 Å². The molecule has 1 N–H and O–H groups in total. The van der Waals surface area contributed by atoms with Gasteiger partial charge in [-0.1, -0.05) is 5.16 Å². The van der Waals surface area contributed by atoms with Crippen LogP contribution >= 0.6 is 0 Å². The fourth-order valence-electron chi connectivity index (χ4n) is 2.18. The van der Waals surface area contributed by atoms with E-state index in [-0.39, 0.29) is 24.7 Å². The quantitative estimate of drug-likeness (QED) is 0.348. The lowest BCUT2D eigenvalue weighted by molar-refractivity contribution is -0.155. The second-order valence-corrected chi connectivity index (χ2v) is 6.72. The number of oxime groups is 1. The highest BCUT2D eigenvalue weighted by Gasteiger charge is 2.36. The zero-order valence-electron chi connectivity index (χ0n) is 16.6. The van der Waals surface area contributed by atoms with Crippen molar-refractivity contribution in [3.8, 4) is 17.4 Å². The molecule has 0 spiro atoms. The van der Waals surface area contributed by atoms with Crippen molar-refractivity contribution in [1.29, 1.82) is 0 Å². The molecule has 0 saturated heterocycles. The van der Waals surface area contributed by atoms with E-state index in [1.54, 1.807) is 13.8 Å². The third kappa shape index (κ3) is 6.64. The van der Waals surface area contributed by atoms with Crippen LogP contribution in [0, 0.1) is 0 Å². The third-order valence-corrected chi connectivity index (χ3v) is 3.82. The molecule has 1 atom stereocenters. The third-order valence-electron chi connectivity index (χ3n) is 3.82. The van der Waals surface area contributed by atoms with Crippen LogP contribution in [-0.2, 0) is 15.8 Å². The SMILES string of the molecule is CC(C)=NOCCC(C)(Oc1ccc(Oc2ccc(C(F)(F)F)cn2)cc1)C(=O)O. The Morgan fingerprint density at radius 3 is 2.23 bits per heavy atom. The summed E-state index contributed by atoms with van der Waals surface area (Å²) in [5, 5.41) is 13.2. The van der Waals surface area contributed by atoms with E-state index in [1.165, 1.54) is 31.2 Å². The average Bonchev–Trinajstić information content (AvgIpc) is 2.66. The highest BCUT2D eigenvalue weighted by atomic mass is 19.4. The van der Waals surface area contributed by atoms with Crippen LogP contribution in [0.25, 0.3) is 0 Å². The number of aromatic nitrogens is 1. The number of aliphatic carboxylic acids is 1. The summed E-state index contributed by atoms with van der Waals surface area (Å²) in [6.45, 7) is 4.96. The van der Waals surface area contributed by atoms with Crippen molar-refractivity contribution in [2.75, 3.05) is 6.61 Å². The molecular weight excluding hydrogens is 405 g/mol. The summed E-state index contributed by atoms with van der Waals surface area (Å²) in [5.74, 6) is -0.626. The number of pyridine rings is 1. The van der Waals surface area contributed by atoms with Crippen molar-refractivity contribution < 1.29 is 37.4 Å². The topological polar surface area (TPSA) is 90.2 Å². The molecule has 2 aromatic rings. The maximum atomic E-state index is 12.6.